The van der Waals surface area contributed by atoms with Crippen molar-refractivity contribution in [2.45, 2.75) is 186 Å². The molecular formula is C61H82Br3N3O12S2. The topological polar surface area (TPSA) is 177 Å². The number of hydrogen-bond donors (Lipinski definition) is 3. The first-order chi connectivity index (χ1) is 37.5. The lowest BCUT2D eigenvalue weighted by atomic mass is 9.80. The average Bonchev–Trinajstić information content (AvgIpc) is 4.54. The molecule has 15 nitrogen and oxygen atoms in total. The highest BCUT2D eigenvalue weighted by molar-refractivity contribution is 7.12. The van der Waals surface area contributed by atoms with E-state index in [0.29, 0.717) is 82.6 Å². The normalized spacial score (nSPS) is 35.0. The van der Waals surface area contributed by atoms with E-state index in [1.165, 1.54) is 42.1 Å². The Hall–Kier alpha value is -2.67. The maximum atomic E-state index is 13.2. The van der Waals surface area contributed by atoms with Crippen LogP contribution in [0, 0.1) is 0 Å². The first-order valence-corrected chi connectivity index (χ1v) is 30.5. The number of unbranched alkanes of at least 4 members (excludes halogenated alkanes) is 1. The van der Waals surface area contributed by atoms with E-state index >= 15 is 0 Å². The summed E-state index contributed by atoms with van der Waals surface area (Å²) in [5.41, 5.74) is -0.101. The first-order valence-electron chi connectivity index (χ1n) is 28.7. The van der Waals surface area contributed by atoms with E-state index in [2.05, 4.69) is 42.2 Å². The van der Waals surface area contributed by atoms with Crippen molar-refractivity contribution in [3.8, 4) is 0 Å². The van der Waals surface area contributed by atoms with Crippen LogP contribution in [-0.2, 0) is 48.4 Å². The predicted molar refractivity (Wildman–Crippen MR) is 294 cm³/mol. The van der Waals surface area contributed by atoms with Gasteiger partial charge in [0.05, 0.1) is 101 Å². The fourth-order valence-electron chi connectivity index (χ4n) is 15.0. The van der Waals surface area contributed by atoms with Crippen LogP contribution in [0.15, 0.2) is 95.7 Å². The predicted octanol–water partition coefficient (Wildman–Crippen LogP) is -2.18. The lowest BCUT2D eigenvalue weighted by molar-refractivity contribution is -0.966. The van der Waals surface area contributed by atoms with Crippen LogP contribution in [0.1, 0.15) is 110 Å². The Kier molecular flexibility index (Phi) is 20.7. The van der Waals surface area contributed by atoms with Gasteiger partial charge in [0, 0.05) is 57.8 Å². The Bertz CT molecular complexity index is 2680. The maximum absolute atomic E-state index is 13.2. The van der Waals surface area contributed by atoms with Crippen molar-refractivity contribution in [1.82, 2.24) is 0 Å². The lowest BCUT2D eigenvalue weighted by Gasteiger charge is -2.53. The smallest absolute Gasteiger partial charge is 0.349 e. The van der Waals surface area contributed by atoms with Crippen molar-refractivity contribution in [1.29, 1.82) is 0 Å². The molecule has 6 bridgehead atoms. The number of rotatable bonds is 15. The number of benzene rings is 2. The standard InChI is InChI=1S/C22H32NO4.C20H24NO4S2.C19H26NO4.3BrH/c1-3-4-10-23(2)16-11-17(13-19(23)21-20(12-16)27-21)26-22(25)18(14-24)15-8-6-5-7-9-15;1-21(2)12-9-13(11-14(21)18-15(10-12)25-18)24-19(22)20(23,16-5-3-7-26-16)17-6-4-8-27-17;1-20(2)13-8-14(10-16(20)18-17(9-13)24-18)23-19(22)15(11-21)12-6-4-3-5-7-12;;;/h5-9,16-21,24H,3-4,10-14H2,1-2H3;3-8,12-15,18,23H,9-11H2,1-2H3;3-7,13-18,21H,8-11H2,1-2H3;3*1H/q3*+1;;;/p-3/t16?,17-,18?,19?,20?,21+,23-;12?,13-,14?,15?,18+;13?,14-,15?,16?,17?,18+;;;/m000.../s1. The number of carbonyl (C=O) groups excluding carboxylic acids is 3. The van der Waals surface area contributed by atoms with Gasteiger partial charge in [-0.2, -0.15) is 0 Å². The van der Waals surface area contributed by atoms with Gasteiger partial charge in [-0.3, -0.25) is 9.59 Å². The van der Waals surface area contributed by atoms with Crippen LogP contribution >= 0.6 is 22.7 Å². The minimum Gasteiger partial charge on any atom is -1.00 e. The zero-order valence-corrected chi connectivity index (χ0v) is 53.7. The number of halogens is 3. The van der Waals surface area contributed by atoms with E-state index in [1.54, 1.807) is 12.1 Å². The van der Waals surface area contributed by atoms with E-state index in [1.807, 2.05) is 83.6 Å². The fourth-order valence-corrected chi connectivity index (χ4v) is 16.7. The second-order valence-electron chi connectivity index (χ2n) is 25.0. The number of epoxide rings is 3. The molecule has 18 atom stereocenters. The lowest BCUT2D eigenvalue weighted by Crippen LogP contribution is -3.00. The molecule has 3 N–H and O–H groups in total. The summed E-state index contributed by atoms with van der Waals surface area (Å²) in [7, 11) is 11.4. The Morgan fingerprint density at radius 2 is 0.951 bits per heavy atom. The molecule has 9 aliphatic rings. The summed E-state index contributed by atoms with van der Waals surface area (Å²) in [6.07, 6.45) is 12.7. The molecule has 20 heteroatoms. The van der Waals surface area contributed by atoms with Crippen LogP contribution in [0.3, 0.4) is 0 Å². The third-order valence-corrected chi connectivity index (χ3v) is 22.0. The zero-order valence-electron chi connectivity index (χ0n) is 47.3. The number of aliphatic hydroxyl groups excluding tert-OH is 2. The van der Waals surface area contributed by atoms with Gasteiger partial charge in [-0.25, -0.2) is 4.79 Å². The number of piperidine rings is 6. The molecule has 4 aromatic rings. The highest BCUT2D eigenvalue weighted by Gasteiger charge is 2.66. The van der Waals surface area contributed by atoms with Gasteiger partial charge in [0.1, 0.15) is 66.6 Å². The third kappa shape index (κ3) is 12.9. The number of carbonyl (C=O) groups is 3. The van der Waals surface area contributed by atoms with Crippen molar-refractivity contribution in [3.63, 3.8) is 0 Å². The quantitative estimate of drug-likeness (QED) is 0.0510. The molecule has 11 unspecified atom stereocenters. The van der Waals surface area contributed by atoms with Gasteiger partial charge in [-0.05, 0) is 40.4 Å². The van der Waals surface area contributed by atoms with E-state index in [9.17, 15) is 29.7 Å². The van der Waals surface area contributed by atoms with Crippen LogP contribution in [-0.4, -0.2) is 193 Å². The molecule has 2 aromatic carbocycles. The first kappa shape index (κ1) is 64.3. The molecular weight excluding hydrogens is 1270 g/mol. The Morgan fingerprint density at radius 1 is 0.556 bits per heavy atom. The Balaban J connectivity index is 0.000000157. The highest BCUT2D eigenvalue weighted by Crippen LogP contribution is 2.52. The van der Waals surface area contributed by atoms with Gasteiger partial charge in [0.15, 0.2) is 0 Å². The Morgan fingerprint density at radius 3 is 1.36 bits per heavy atom. The highest BCUT2D eigenvalue weighted by atomic mass is 79.9. The van der Waals surface area contributed by atoms with Crippen molar-refractivity contribution in [2.24, 2.45) is 0 Å². The number of ether oxygens (including phenoxy) is 6. The van der Waals surface area contributed by atoms with Crippen molar-refractivity contribution in [2.75, 3.05) is 55.0 Å². The minimum absolute atomic E-state index is 0. The third-order valence-electron chi connectivity index (χ3n) is 20.0. The van der Waals surface area contributed by atoms with E-state index in [-0.39, 0.29) is 94.4 Å². The summed E-state index contributed by atoms with van der Waals surface area (Å²) in [5.74, 6) is -2.37. The largest absolute Gasteiger partial charge is 1.00 e. The second-order valence-corrected chi connectivity index (χ2v) is 26.9. The molecule has 11 heterocycles. The molecule has 0 spiro atoms. The number of hydrogen-bond acceptors (Lipinski definition) is 14. The number of quaternary nitrogens is 3. The van der Waals surface area contributed by atoms with E-state index < -0.39 is 23.4 Å². The van der Waals surface area contributed by atoms with Crippen LogP contribution in [0.4, 0.5) is 0 Å². The van der Waals surface area contributed by atoms with Gasteiger partial charge < -0.3 is 108 Å². The molecule has 0 amide bonds. The summed E-state index contributed by atoms with van der Waals surface area (Å²) >= 11 is 2.75. The molecule has 9 saturated heterocycles. The van der Waals surface area contributed by atoms with E-state index in [4.69, 9.17) is 28.4 Å². The van der Waals surface area contributed by atoms with Gasteiger partial charge in [0.25, 0.3) is 0 Å². The zero-order chi connectivity index (χ0) is 54.7. The molecule has 9 fully saturated rings. The number of nitrogens with zero attached hydrogens (tertiary/aromatic N) is 3. The van der Waals surface area contributed by atoms with Crippen LogP contribution < -0.4 is 50.9 Å². The number of thiophene rings is 2. The molecule has 0 aliphatic carbocycles. The fraction of sp³-hybridized carbons (Fsp3) is 0.623. The SMILES string of the molecule is CCCC[N@@+]1(C)C2CC3O[C@@H]3C1C[C@@H](OC(=O)C(CO)c1ccccc1)C2.C[N+]1(C)C2CC3O[C@@H]3C1C[C@@H](OC(=O)C(CO)c1ccccc1)C2.C[N+]1(C)C2CC3O[C@@H]3C1C[C@@H](OC(=O)C(O)(c1cccs1)c1cccs1)C2.[Br-].[Br-].[Br-]. The monoisotopic (exact) mass is 1350 g/mol. The molecule has 9 aliphatic heterocycles. The van der Waals surface area contributed by atoms with Gasteiger partial charge in [0.2, 0.25) is 5.60 Å². The van der Waals surface area contributed by atoms with Gasteiger partial charge in [-0.1, -0.05) is 86.1 Å². The minimum atomic E-state index is -1.72. The summed E-state index contributed by atoms with van der Waals surface area (Å²) in [6, 6.07) is 28.7. The number of aliphatic hydroxyl groups is 3. The molecule has 13 rings (SSSR count). The van der Waals surface area contributed by atoms with E-state index in [0.717, 1.165) is 82.4 Å². The summed E-state index contributed by atoms with van der Waals surface area (Å²) in [6.45, 7) is 2.98. The van der Waals surface area contributed by atoms with Crippen LogP contribution in [0.2, 0.25) is 0 Å². The number of fused-ring (bicyclic) bond motifs is 12. The second kappa shape index (κ2) is 26.1. The summed E-state index contributed by atoms with van der Waals surface area (Å²) in [4.78, 5) is 39.8. The van der Waals surface area contributed by atoms with Crippen molar-refractivity contribution < 1.29 is 123 Å². The van der Waals surface area contributed by atoms with Gasteiger partial charge in [-0.15, -0.1) is 22.7 Å². The number of likely N-dealkylation sites (N-methyl/N-ethyl adjacent to an activating group) is 3. The average molecular weight is 1350 g/mol. The number of esters is 3. The van der Waals surface area contributed by atoms with Crippen molar-refractivity contribution in [3.05, 3.63) is 117 Å². The molecule has 0 radical (unpaired) electrons. The van der Waals surface area contributed by atoms with Crippen molar-refractivity contribution >= 4 is 40.6 Å². The molecule has 0 saturated carbocycles. The summed E-state index contributed by atoms with van der Waals surface area (Å²) in [5, 5.41) is 34.6. The molecule has 446 valence electrons. The van der Waals surface area contributed by atoms with Gasteiger partial charge >= 0.3 is 17.9 Å². The molecule has 2 aromatic heterocycles. The van der Waals surface area contributed by atoms with Crippen LogP contribution in [0.5, 0.6) is 0 Å². The summed E-state index contributed by atoms with van der Waals surface area (Å²) < 4.78 is 38.4. The molecule has 81 heavy (non-hydrogen) atoms. The maximum Gasteiger partial charge on any atom is 0.349 e. The Labute approximate surface area is 517 Å². The van der Waals surface area contributed by atoms with Crippen LogP contribution in [0.25, 0.3) is 0 Å².